The second kappa shape index (κ2) is 14.3. The number of amides is 3. The zero-order valence-electron chi connectivity index (χ0n) is 23.1. The van der Waals surface area contributed by atoms with Gasteiger partial charge in [0, 0.05) is 27.4 Å². The Kier molecular flexibility index (Phi) is 10.6. The molecule has 4 aromatic rings. The van der Waals surface area contributed by atoms with E-state index in [1.54, 1.807) is 61.5 Å². The maximum Gasteiger partial charge on any atom is 0.272 e. The van der Waals surface area contributed by atoms with E-state index in [4.69, 9.17) is 16.7 Å². The van der Waals surface area contributed by atoms with E-state index >= 15 is 0 Å². The molecule has 9 nitrogen and oxygen atoms in total. The molecule has 0 aliphatic heterocycles. The minimum atomic E-state index is -3.86. The molecular weight excluding hydrogens is 627 g/mol. The largest absolute Gasteiger partial charge is 0.325 e. The molecule has 0 aliphatic carbocycles. The van der Waals surface area contributed by atoms with Crippen molar-refractivity contribution in [3.63, 3.8) is 0 Å². The number of anilines is 2. The van der Waals surface area contributed by atoms with Crippen molar-refractivity contribution < 1.29 is 27.2 Å². The third-order valence-corrected chi connectivity index (χ3v) is 8.39. The summed E-state index contributed by atoms with van der Waals surface area (Å²) < 4.78 is 37.5. The van der Waals surface area contributed by atoms with E-state index in [0.717, 1.165) is 6.08 Å². The number of nitrogens with one attached hydrogen (secondary N) is 3. The van der Waals surface area contributed by atoms with Gasteiger partial charge in [0.25, 0.3) is 11.8 Å². The van der Waals surface area contributed by atoms with Gasteiger partial charge in [-0.2, -0.15) is 0 Å². The first-order chi connectivity index (χ1) is 20.9. The summed E-state index contributed by atoms with van der Waals surface area (Å²) in [6.07, 6.45) is 1.16. The number of carbonyl (C=O) groups is 3. The van der Waals surface area contributed by atoms with Crippen LogP contribution in [0.1, 0.15) is 22.8 Å². The maximum absolute atomic E-state index is 14.6. The highest BCUT2D eigenvalue weighted by Crippen LogP contribution is 2.27. The fourth-order valence-corrected chi connectivity index (χ4v) is 5.47. The Morgan fingerprint density at radius 2 is 1.57 bits per heavy atom. The molecule has 4 rings (SSSR count). The molecule has 1 atom stereocenters. The predicted octanol–water partition coefficient (Wildman–Crippen LogP) is 5.66. The number of hydrogen-bond donors (Lipinski definition) is 4. The molecule has 44 heavy (non-hydrogen) atoms. The quantitative estimate of drug-likeness (QED) is 0.128. The van der Waals surface area contributed by atoms with Crippen LogP contribution in [0.2, 0.25) is 5.02 Å². The van der Waals surface area contributed by atoms with Gasteiger partial charge in [0.2, 0.25) is 15.9 Å². The number of rotatable bonds is 10. The second-order valence-corrected chi connectivity index (χ2v) is 12.7. The molecule has 226 valence electrons. The average Bonchev–Trinajstić information content (AvgIpc) is 2.98. The van der Waals surface area contributed by atoms with Crippen LogP contribution in [0.5, 0.6) is 0 Å². The number of halogens is 2. The Morgan fingerprint density at radius 3 is 2.23 bits per heavy atom. The van der Waals surface area contributed by atoms with Crippen molar-refractivity contribution >= 4 is 68.6 Å². The van der Waals surface area contributed by atoms with Crippen LogP contribution in [0.3, 0.4) is 0 Å². The molecule has 0 aliphatic rings. The Morgan fingerprint density at radius 1 is 0.886 bits per heavy atom. The van der Waals surface area contributed by atoms with Crippen LogP contribution in [-0.4, -0.2) is 31.4 Å². The maximum atomic E-state index is 14.6. The molecule has 0 fully saturated rings. The first-order valence-electron chi connectivity index (χ1n) is 12.9. The van der Waals surface area contributed by atoms with Crippen molar-refractivity contribution in [3.8, 4) is 0 Å². The normalized spacial score (nSPS) is 12.2. The molecule has 0 saturated heterocycles. The Hall–Kier alpha value is -4.49. The molecule has 0 aromatic heterocycles. The smallest absolute Gasteiger partial charge is 0.272 e. The number of thioether (sulfide) groups is 1. The minimum Gasteiger partial charge on any atom is -0.325 e. The standard InChI is InChI=1S/C31H26ClFN4O5S2/c1-19(29(38)35-21-13-15-24(16-14-21)44(34,41)42)43-23-10-5-9-22(17-23)36-31(40)28(18-25-26(32)11-6-12-27(25)33)37-30(39)20-7-3-2-4-8-20/h2-19H,1H3,(H,35,38)(H,36,40)(H,37,39)(H2,34,41,42)/b28-18+. The summed E-state index contributed by atoms with van der Waals surface area (Å²) in [4.78, 5) is 39.6. The third kappa shape index (κ3) is 8.77. The SMILES string of the molecule is CC(Sc1cccc(NC(=O)/C(=C\c2c(F)cccc2Cl)NC(=O)c2ccccc2)c1)C(=O)Nc1ccc(S(N)(=O)=O)cc1. The number of primary sulfonamides is 1. The summed E-state index contributed by atoms with van der Waals surface area (Å²) in [5.41, 5.74) is 0.714. The lowest BCUT2D eigenvalue weighted by Crippen LogP contribution is -2.30. The van der Waals surface area contributed by atoms with Crippen molar-refractivity contribution in [1.82, 2.24) is 5.32 Å². The van der Waals surface area contributed by atoms with Crippen LogP contribution >= 0.6 is 23.4 Å². The van der Waals surface area contributed by atoms with Crippen molar-refractivity contribution in [2.75, 3.05) is 10.6 Å². The molecule has 0 spiro atoms. The summed E-state index contributed by atoms with van der Waals surface area (Å²) in [7, 11) is -3.86. The topological polar surface area (TPSA) is 147 Å². The molecule has 5 N–H and O–H groups in total. The van der Waals surface area contributed by atoms with E-state index in [-0.39, 0.29) is 32.6 Å². The lowest BCUT2D eigenvalue weighted by Gasteiger charge is -2.14. The molecule has 3 amide bonds. The highest BCUT2D eigenvalue weighted by Gasteiger charge is 2.19. The van der Waals surface area contributed by atoms with E-state index < -0.39 is 32.9 Å². The Balaban J connectivity index is 1.48. The summed E-state index contributed by atoms with van der Waals surface area (Å²) in [6.45, 7) is 1.68. The number of benzene rings is 4. The highest BCUT2D eigenvalue weighted by molar-refractivity contribution is 8.00. The zero-order valence-corrected chi connectivity index (χ0v) is 25.5. The number of nitrogens with two attached hydrogens (primary N) is 1. The molecule has 0 saturated carbocycles. The van der Waals surface area contributed by atoms with Crippen molar-refractivity contribution in [1.29, 1.82) is 0 Å². The number of sulfonamides is 1. The van der Waals surface area contributed by atoms with Gasteiger partial charge in [-0.3, -0.25) is 14.4 Å². The fraction of sp³-hybridized carbons (Fsp3) is 0.0645. The third-order valence-electron chi connectivity index (χ3n) is 6.04. The van der Waals surface area contributed by atoms with E-state index in [0.29, 0.717) is 16.3 Å². The van der Waals surface area contributed by atoms with Gasteiger partial charge >= 0.3 is 0 Å². The van der Waals surface area contributed by atoms with Gasteiger partial charge in [0.15, 0.2) is 0 Å². The number of carbonyl (C=O) groups excluding carboxylic acids is 3. The van der Waals surface area contributed by atoms with Gasteiger partial charge in [-0.25, -0.2) is 17.9 Å². The van der Waals surface area contributed by atoms with Crippen LogP contribution in [0.25, 0.3) is 6.08 Å². The van der Waals surface area contributed by atoms with E-state index in [1.165, 1.54) is 54.2 Å². The van der Waals surface area contributed by atoms with E-state index in [1.807, 2.05) is 0 Å². The lowest BCUT2D eigenvalue weighted by molar-refractivity contribution is -0.115. The van der Waals surface area contributed by atoms with Gasteiger partial charge < -0.3 is 16.0 Å². The van der Waals surface area contributed by atoms with Crippen LogP contribution < -0.4 is 21.1 Å². The van der Waals surface area contributed by atoms with E-state index in [2.05, 4.69) is 16.0 Å². The first-order valence-corrected chi connectivity index (χ1v) is 15.7. The van der Waals surface area contributed by atoms with Crippen LogP contribution in [0.15, 0.2) is 113 Å². The first kappa shape index (κ1) is 32.4. The highest BCUT2D eigenvalue weighted by atomic mass is 35.5. The monoisotopic (exact) mass is 652 g/mol. The van der Waals surface area contributed by atoms with Crippen LogP contribution in [0.4, 0.5) is 15.8 Å². The van der Waals surface area contributed by atoms with Crippen LogP contribution in [-0.2, 0) is 19.6 Å². The van der Waals surface area contributed by atoms with Gasteiger partial charge in [-0.1, -0.05) is 41.9 Å². The molecule has 0 radical (unpaired) electrons. The summed E-state index contributed by atoms with van der Waals surface area (Å²) >= 11 is 7.38. The van der Waals surface area contributed by atoms with E-state index in [9.17, 15) is 27.2 Å². The molecule has 0 heterocycles. The second-order valence-electron chi connectivity index (χ2n) is 9.31. The van der Waals surface area contributed by atoms with Gasteiger partial charge in [0.05, 0.1) is 15.2 Å². The van der Waals surface area contributed by atoms with Gasteiger partial charge in [-0.05, 0) is 79.7 Å². The summed E-state index contributed by atoms with van der Waals surface area (Å²) in [5.74, 6) is -2.33. The molecule has 1 unspecified atom stereocenters. The Labute approximate surface area is 262 Å². The average molecular weight is 653 g/mol. The zero-order chi connectivity index (χ0) is 31.9. The molecule has 0 bridgehead atoms. The molecule has 4 aromatic carbocycles. The lowest BCUT2D eigenvalue weighted by atomic mass is 10.1. The van der Waals surface area contributed by atoms with Gasteiger partial charge in [-0.15, -0.1) is 11.8 Å². The van der Waals surface area contributed by atoms with Crippen LogP contribution in [0, 0.1) is 5.82 Å². The number of hydrogen-bond acceptors (Lipinski definition) is 6. The van der Waals surface area contributed by atoms with Crippen molar-refractivity contribution in [2.24, 2.45) is 5.14 Å². The Bertz CT molecular complexity index is 1820. The van der Waals surface area contributed by atoms with Gasteiger partial charge in [0.1, 0.15) is 11.5 Å². The van der Waals surface area contributed by atoms with Crippen molar-refractivity contribution in [3.05, 3.63) is 125 Å². The molecular formula is C31H26ClFN4O5S2. The fourth-order valence-electron chi connectivity index (χ4n) is 3.81. The van der Waals surface area contributed by atoms with Crippen molar-refractivity contribution in [2.45, 2.75) is 22.0 Å². The summed E-state index contributed by atoms with van der Waals surface area (Å²) in [5, 5.41) is 12.5. The predicted molar refractivity (Wildman–Crippen MR) is 170 cm³/mol. The minimum absolute atomic E-state index is 0.0512. The molecule has 13 heteroatoms. The summed E-state index contributed by atoms with van der Waals surface area (Å²) in [6, 6.07) is 24.4.